The fourth-order valence-corrected chi connectivity index (χ4v) is 3.14. The lowest BCUT2D eigenvalue weighted by atomic mass is 10.1. The maximum atomic E-state index is 5.21. The third-order valence-corrected chi connectivity index (χ3v) is 4.94. The van der Waals surface area contributed by atoms with Crippen molar-refractivity contribution in [1.29, 1.82) is 0 Å². The molecule has 0 atom stereocenters. The average Bonchev–Trinajstić information content (AvgIpc) is 2.40. The number of hydrogen-bond donors (Lipinski definition) is 0. The predicted molar refractivity (Wildman–Crippen MR) is 76.0 cm³/mol. The predicted octanol–water partition coefficient (Wildman–Crippen LogP) is 2.43. The zero-order chi connectivity index (χ0) is 12.5. The Hall–Kier alpha value is -0.903. The lowest BCUT2D eigenvalue weighted by Gasteiger charge is -2.12. The minimum absolute atomic E-state index is 0.0816. The molecule has 0 aliphatic carbocycles. The zero-order valence-electron chi connectivity index (χ0n) is 10.8. The first kappa shape index (κ1) is 14.2. The van der Waals surface area contributed by atoms with Crippen molar-refractivity contribution in [3.05, 3.63) is 42.0 Å². The SMILES string of the molecule is C=Cc1ccc(CCC[SiH2]C(OC)OC)cc1. The molecule has 0 heterocycles. The summed E-state index contributed by atoms with van der Waals surface area (Å²) in [6.45, 7) is 3.75. The van der Waals surface area contributed by atoms with Crippen LogP contribution in [0.5, 0.6) is 0 Å². The van der Waals surface area contributed by atoms with E-state index >= 15 is 0 Å². The van der Waals surface area contributed by atoms with E-state index in [0.29, 0.717) is 0 Å². The van der Waals surface area contributed by atoms with Gasteiger partial charge in [0.25, 0.3) is 0 Å². The van der Waals surface area contributed by atoms with Gasteiger partial charge in [0.1, 0.15) is 5.91 Å². The molecule has 0 spiro atoms. The number of hydrogen-bond acceptors (Lipinski definition) is 2. The van der Waals surface area contributed by atoms with Crippen LogP contribution in [0.25, 0.3) is 6.08 Å². The minimum Gasteiger partial charge on any atom is -0.360 e. The van der Waals surface area contributed by atoms with E-state index in [1.165, 1.54) is 23.6 Å². The van der Waals surface area contributed by atoms with Crippen LogP contribution in [0.2, 0.25) is 6.04 Å². The quantitative estimate of drug-likeness (QED) is 0.401. The summed E-state index contributed by atoms with van der Waals surface area (Å²) in [6, 6.07) is 9.86. The van der Waals surface area contributed by atoms with E-state index in [-0.39, 0.29) is 15.4 Å². The van der Waals surface area contributed by atoms with Gasteiger partial charge in [-0.2, -0.15) is 0 Å². The number of rotatable bonds is 8. The molecule has 0 fully saturated rings. The highest BCUT2D eigenvalue weighted by atomic mass is 28.2. The second-order valence-corrected chi connectivity index (χ2v) is 6.04. The lowest BCUT2D eigenvalue weighted by molar-refractivity contribution is -0.0441. The van der Waals surface area contributed by atoms with Gasteiger partial charge in [0.2, 0.25) is 0 Å². The first-order chi connectivity index (χ1) is 8.30. The number of benzene rings is 1. The molecule has 0 amide bonds. The first-order valence-electron chi connectivity index (χ1n) is 6.07. The fourth-order valence-electron chi connectivity index (χ4n) is 1.79. The first-order valence-corrected chi connectivity index (χ1v) is 7.88. The van der Waals surface area contributed by atoms with Gasteiger partial charge in [0, 0.05) is 14.2 Å². The number of aryl methyl sites for hydroxylation is 1. The molecule has 0 saturated heterocycles. The van der Waals surface area contributed by atoms with Gasteiger partial charge in [0.15, 0.2) is 0 Å². The van der Waals surface area contributed by atoms with Crippen LogP contribution >= 0.6 is 0 Å². The van der Waals surface area contributed by atoms with E-state index in [1.54, 1.807) is 14.2 Å². The summed E-state index contributed by atoms with van der Waals surface area (Å²) >= 11 is 0. The van der Waals surface area contributed by atoms with Crippen molar-refractivity contribution in [1.82, 2.24) is 0 Å². The third-order valence-electron chi connectivity index (χ3n) is 2.90. The minimum atomic E-state index is -0.263. The van der Waals surface area contributed by atoms with Crippen molar-refractivity contribution in [3.8, 4) is 0 Å². The largest absolute Gasteiger partial charge is 0.360 e. The van der Waals surface area contributed by atoms with Gasteiger partial charge in [-0.1, -0.05) is 49.4 Å². The van der Waals surface area contributed by atoms with Crippen molar-refractivity contribution < 1.29 is 9.47 Å². The number of methoxy groups -OCH3 is 2. The Bertz CT molecular complexity index is 317. The lowest BCUT2D eigenvalue weighted by Crippen LogP contribution is -2.21. The van der Waals surface area contributed by atoms with Crippen LogP contribution in [0.15, 0.2) is 30.8 Å². The van der Waals surface area contributed by atoms with Crippen LogP contribution in [0.3, 0.4) is 0 Å². The Kier molecular flexibility index (Phi) is 6.85. The molecular weight excluding hydrogens is 228 g/mol. The number of ether oxygens (including phenoxy) is 2. The van der Waals surface area contributed by atoms with Gasteiger partial charge in [-0.05, 0) is 17.5 Å². The molecule has 3 heteroatoms. The van der Waals surface area contributed by atoms with E-state index in [4.69, 9.17) is 9.47 Å². The Morgan fingerprint density at radius 2 is 1.88 bits per heavy atom. The second-order valence-electron chi connectivity index (χ2n) is 4.09. The Balaban J connectivity index is 2.23. The topological polar surface area (TPSA) is 18.5 Å². The molecule has 1 aromatic carbocycles. The van der Waals surface area contributed by atoms with E-state index in [2.05, 4.69) is 30.8 Å². The van der Waals surface area contributed by atoms with Crippen molar-refractivity contribution in [2.24, 2.45) is 0 Å². The monoisotopic (exact) mass is 250 g/mol. The molecule has 0 radical (unpaired) electrons. The second kappa shape index (κ2) is 8.23. The van der Waals surface area contributed by atoms with Crippen LogP contribution in [-0.2, 0) is 15.9 Å². The summed E-state index contributed by atoms with van der Waals surface area (Å²) in [5, 5.41) is 0. The molecule has 0 aliphatic rings. The molecule has 0 N–H and O–H groups in total. The van der Waals surface area contributed by atoms with Crippen molar-refractivity contribution in [3.63, 3.8) is 0 Å². The Labute approximate surface area is 106 Å². The van der Waals surface area contributed by atoms with Crippen LogP contribution in [-0.4, -0.2) is 29.7 Å². The van der Waals surface area contributed by atoms with E-state index < -0.39 is 0 Å². The normalized spacial score (nSPS) is 11.5. The summed E-state index contributed by atoms with van der Waals surface area (Å²) in [7, 11) is 3.17. The molecule has 0 unspecified atom stereocenters. The summed E-state index contributed by atoms with van der Waals surface area (Å²) in [5.41, 5.74) is 2.58. The molecule has 1 rings (SSSR count). The summed E-state index contributed by atoms with van der Waals surface area (Å²) in [5.74, 6) is 0.0816. The summed E-state index contributed by atoms with van der Waals surface area (Å²) in [6.07, 6.45) is 4.24. The van der Waals surface area contributed by atoms with Crippen molar-refractivity contribution in [2.45, 2.75) is 24.8 Å². The van der Waals surface area contributed by atoms with Gasteiger partial charge in [0.05, 0.1) is 9.52 Å². The fraction of sp³-hybridized carbons (Fsp3) is 0.429. The smallest absolute Gasteiger partial charge is 0.134 e. The van der Waals surface area contributed by atoms with Crippen LogP contribution in [0, 0.1) is 0 Å². The maximum absolute atomic E-state index is 5.21. The van der Waals surface area contributed by atoms with Crippen LogP contribution < -0.4 is 0 Å². The Morgan fingerprint density at radius 1 is 1.24 bits per heavy atom. The standard InChI is InChI=1S/C14H22O2Si/c1-4-12-7-9-13(10-8-12)6-5-11-17-14(15-2)16-3/h4,7-10,14H,1,5-6,11,17H2,2-3H3. The van der Waals surface area contributed by atoms with Crippen molar-refractivity contribution >= 4 is 15.6 Å². The molecule has 94 valence electrons. The highest BCUT2D eigenvalue weighted by Gasteiger charge is 2.04. The molecule has 2 nitrogen and oxygen atoms in total. The molecule has 0 aliphatic heterocycles. The molecule has 0 saturated carbocycles. The highest BCUT2D eigenvalue weighted by Crippen LogP contribution is 2.09. The van der Waals surface area contributed by atoms with Gasteiger partial charge < -0.3 is 9.47 Å². The van der Waals surface area contributed by atoms with Gasteiger partial charge in [-0.15, -0.1) is 0 Å². The zero-order valence-corrected chi connectivity index (χ0v) is 12.2. The maximum Gasteiger partial charge on any atom is 0.134 e. The van der Waals surface area contributed by atoms with Gasteiger partial charge in [-0.3, -0.25) is 0 Å². The van der Waals surface area contributed by atoms with E-state index in [1.807, 2.05) is 6.08 Å². The Morgan fingerprint density at radius 3 is 2.41 bits per heavy atom. The molecule has 17 heavy (non-hydrogen) atoms. The van der Waals surface area contributed by atoms with Crippen LogP contribution in [0.1, 0.15) is 17.5 Å². The van der Waals surface area contributed by atoms with Crippen LogP contribution in [0.4, 0.5) is 0 Å². The van der Waals surface area contributed by atoms with Gasteiger partial charge >= 0.3 is 0 Å². The molecular formula is C14H22O2Si. The summed E-state index contributed by atoms with van der Waals surface area (Å²) in [4.78, 5) is 0. The van der Waals surface area contributed by atoms with Gasteiger partial charge in [-0.25, -0.2) is 0 Å². The molecule has 1 aromatic rings. The third kappa shape index (κ3) is 5.30. The molecule has 0 bridgehead atoms. The van der Waals surface area contributed by atoms with E-state index in [0.717, 1.165) is 6.42 Å². The van der Waals surface area contributed by atoms with Crippen molar-refractivity contribution in [2.75, 3.05) is 14.2 Å². The molecule has 0 aromatic heterocycles. The van der Waals surface area contributed by atoms with E-state index in [9.17, 15) is 0 Å². The average molecular weight is 250 g/mol. The highest BCUT2D eigenvalue weighted by molar-refractivity contribution is 6.36. The summed E-state index contributed by atoms with van der Waals surface area (Å²) < 4.78 is 10.4.